The highest BCUT2D eigenvalue weighted by atomic mass is 32.2. The highest BCUT2D eigenvalue weighted by molar-refractivity contribution is 7.99. The number of hydrogen-bond donors (Lipinski definition) is 2. The number of hydrogen-bond acceptors (Lipinski definition) is 4. The summed E-state index contributed by atoms with van der Waals surface area (Å²) < 4.78 is 0. The van der Waals surface area contributed by atoms with Crippen molar-refractivity contribution in [2.45, 2.75) is 25.0 Å². The van der Waals surface area contributed by atoms with Crippen molar-refractivity contribution < 1.29 is 9.90 Å². The van der Waals surface area contributed by atoms with E-state index in [0.29, 0.717) is 12.1 Å². The van der Waals surface area contributed by atoms with Crippen LogP contribution >= 0.6 is 11.8 Å². The van der Waals surface area contributed by atoms with Crippen LogP contribution in [0.15, 0.2) is 47.6 Å². The third-order valence-electron chi connectivity index (χ3n) is 3.19. The van der Waals surface area contributed by atoms with Crippen LogP contribution in [0.2, 0.25) is 0 Å². The lowest BCUT2D eigenvalue weighted by molar-refractivity contribution is 0.0953. The van der Waals surface area contributed by atoms with Gasteiger partial charge in [-0.05, 0) is 35.4 Å². The van der Waals surface area contributed by atoms with E-state index in [-0.39, 0.29) is 12.5 Å². The minimum Gasteiger partial charge on any atom is -0.392 e. The topological polar surface area (TPSA) is 62.2 Å². The third-order valence-corrected chi connectivity index (χ3v) is 4.00. The molecule has 0 bridgehead atoms. The molecule has 5 heteroatoms. The van der Waals surface area contributed by atoms with Gasteiger partial charge in [0.2, 0.25) is 0 Å². The van der Waals surface area contributed by atoms with E-state index in [1.807, 2.05) is 30.3 Å². The molecule has 0 aliphatic rings. The summed E-state index contributed by atoms with van der Waals surface area (Å²) in [6.45, 7) is 2.69. The minimum absolute atomic E-state index is 0.0527. The second-order valence-corrected chi connectivity index (χ2v) is 6.08. The predicted octanol–water partition coefficient (Wildman–Crippen LogP) is 2.66. The summed E-state index contributed by atoms with van der Waals surface area (Å²) in [5.41, 5.74) is 2.67. The maximum atomic E-state index is 12.1. The van der Waals surface area contributed by atoms with Crippen molar-refractivity contribution in [3.8, 4) is 0 Å². The number of aliphatic hydroxyl groups is 1. The van der Waals surface area contributed by atoms with Gasteiger partial charge in [-0.1, -0.05) is 31.2 Å². The molecule has 0 fully saturated rings. The van der Waals surface area contributed by atoms with Crippen molar-refractivity contribution in [1.82, 2.24) is 10.3 Å². The summed E-state index contributed by atoms with van der Waals surface area (Å²) in [5.74, 6) is 0.856. The van der Waals surface area contributed by atoms with E-state index in [2.05, 4.69) is 17.2 Å². The molecule has 4 nitrogen and oxygen atoms in total. The number of thioether (sulfide) groups is 1. The number of pyridine rings is 1. The van der Waals surface area contributed by atoms with E-state index >= 15 is 0 Å². The third kappa shape index (κ3) is 4.86. The molecular weight excluding hydrogens is 296 g/mol. The van der Waals surface area contributed by atoms with E-state index in [1.165, 1.54) is 0 Å². The Morgan fingerprint density at radius 1 is 1.23 bits per heavy atom. The van der Waals surface area contributed by atoms with Gasteiger partial charge in [0.25, 0.3) is 5.91 Å². The lowest BCUT2D eigenvalue weighted by Gasteiger charge is -2.07. The first kappa shape index (κ1) is 16.5. The van der Waals surface area contributed by atoms with Gasteiger partial charge < -0.3 is 10.4 Å². The van der Waals surface area contributed by atoms with Crippen molar-refractivity contribution in [1.29, 1.82) is 0 Å². The fourth-order valence-corrected chi connectivity index (χ4v) is 2.65. The number of benzene rings is 1. The number of carbonyl (C=O) groups is 1. The van der Waals surface area contributed by atoms with Gasteiger partial charge in [-0.3, -0.25) is 4.79 Å². The predicted molar refractivity (Wildman–Crippen MR) is 89.0 cm³/mol. The number of carbonyl (C=O) groups excluding carboxylic acids is 1. The Kier molecular flexibility index (Phi) is 6.43. The Morgan fingerprint density at radius 2 is 1.95 bits per heavy atom. The van der Waals surface area contributed by atoms with E-state index in [0.717, 1.165) is 28.3 Å². The summed E-state index contributed by atoms with van der Waals surface area (Å²) in [5, 5.41) is 12.8. The lowest BCUT2D eigenvalue weighted by Crippen LogP contribution is -2.25. The Bertz CT molecular complexity index is 614. The van der Waals surface area contributed by atoms with E-state index in [1.54, 1.807) is 24.0 Å². The van der Waals surface area contributed by atoms with Crippen LogP contribution < -0.4 is 5.32 Å². The lowest BCUT2D eigenvalue weighted by atomic mass is 10.1. The molecule has 2 N–H and O–H groups in total. The molecule has 1 heterocycles. The number of rotatable bonds is 7. The molecule has 1 amide bonds. The van der Waals surface area contributed by atoms with Gasteiger partial charge in [-0.2, -0.15) is 0 Å². The van der Waals surface area contributed by atoms with Crippen LogP contribution in [0.25, 0.3) is 0 Å². The van der Waals surface area contributed by atoms with Gasteiger partial charge in [0, 0.05) is 18.3 Å². The largest absolute Gasteiger partial charge is 0.392 e. The highest BCUT2D eigenvalue weighted by Gasteiger charge is 2.06. The fourth-order valence-electron chi connectivity index (χ4n) is 2.01. The number of nitrogens with zero attached hydrogens (tertiary/aromatic N) is 1. The molecule has 0 aliphatic carbocycles. The van der Waals surface area contributed by atoms with Crippen LogP contribution in [0.4, 0.5) is 0 Å². The Labute approximate surface area is 135 Å². The van der Waals surface area contributed by atoms with Crippen molar-refractivity contribution >= 4 is 17.7 Å². The smallest absolute Gasteiger partial charge is 0.251 e. The van der Waals surface area contributed by atoms with Gasteiger partial charge in [-0.25, -0.2) is 4.98 Å². The van der Waals surface area contributed by atoms with Crippen molar-refractivity contribution in [3.63, 3.8) is 0 Å². The molecule has 2 aromatic rings. The van der Waals surface area contributed by atoms with Gasteiger partial charge in [0.05, 0.1) is 11.6 Å². The maximum absolute atomic E-state index is 12.1. The molecule has 0 saturated heterocycles. The van der Waals surface area contributed by atoms with Crippen LogP contribution in [-0.2, 0) is 13.0 Å². The first-order valence-electron chi connectivity index (χ1n) is 7.28. The van der Waals surface area contributed by atoms with Crippen LogP contribution in [0.5, 0.6) is 0 Å². The molecule has 2 rings (SSSR count). The van der Waals surface area contributed by atoms with Crippen molar-refractivity contribution in [3.05, 3.63) is 59.3 Å². The van der Waals surface area contributed by atoms with Gasteiger partial charge in [0.1, 0.15) is 0 Å². The SMILES string of the molecule is CCSc1cc(C(=O)NCCc2ccc(CO)cc2)ccn1. The van der Waals surface area contributed by atoms with E-state index in [4.69, 9.17) is 5.11 Å². The summed E-state index contributed by atoms with van der Waals surface area (Å²) in [4.78, 5) is 16.3. The first-order valence-corrected chi connectivity index (χ1v) is 8.27. The average Bonchev–Trinajstić information content (AvgIpc) is 2.56. The highest BCUT2D eigenvalue weighted by Crippen LogP contribution is 2.15. The molecule has 1 aromatic heterocycles. The molecule has 0 radical (unpaired) electrons. The number of amides is 1. The van der Waals surface area contributed by atoms with Crippen molar-refractivity contribution in [2.75, 3.05) is 12.3 Å². The number of aromatic nitrogens is 1. The normalized spacial score (nSPS) is 10.5. The van der Waals surface area contributed by atoms with E-state index < -0.39 is 0 Å². The molecule has 1 aromatic carbocycles. The van der Waals surface area contributed by atoms with E-state index in [9.17, 15) is 4.79 Å². The number of nitrogens with one attached hydrogen (secondary N) is 1. The van der Waals surface area contributed by atoms with Gasteiger partial charge in [0.15, 0.2) is 0 Å². The van der Waals surface area contributed by atoms with Crippen molar-refractivity contribution in [2.24, 2.45) is 0 Å². The van der Waals surface area contributed by atoms with Crippen LogP contribution in [0, 0.1) is 0 Å². The monoisotopic (exact) mass is 316 g/mol. The summed E-state index contributed by atoms with van der Waals surface area (Å²) in [7, 11) is 0. The zero-order valence-electron chi connectivity index (χ0n) is 12.6. The minimum atomic E-state index is -0.0765. The quantitative estimate of drug-likeness (QED) is 0.771. The fraction of sp³-hybridized carbons (Fsp3) is 0.294. The molecule has 116 valence electrons. The molecule has 0 spiro atoms. The second kappa shape index (κ2) is 8.56. The van der Waals surface area contributed by atoms with Gasteiger partial charge >= 0.3 is 0 Å². The van der Waals surface area contributed by atoms with Crippen LogP contribution in [0.3, 0.4) is 0 Å². The zero-order valence-corrected chi connectivity index (χ0v) is 13.4. The number of aliphatic hydroxyl groups excluding tert-OH is 1. The molecule has 0 atom stereocenters. The standard InChI is InChI=1S/C17H20N2O2S/c1-2-22-16-11-15(8-10-18-16)17(21)19-9-7-13-3-5-14(12-20)6-4-13/h3-6,8,10-11,20H,2,7,9,12H2,1H3,(H,19,21). The molecule has 0 unspecified atom stereocenters. The van der Waals surface area contributed by atoms with Crippen LogP contribution in [0.1, 0.15) is 28.4 Å². The molecule has 22 heavy (non-hydrogen) atoms. The zero-order chi connectivity index (χ0) is 15.8. The van der Waals surface area contributed by atoms with Crippen LogP contribution in [-0.4, -0.2) is 28.3 Å². The first-order chi connectivity index (χ1) is 10.7. The Morgan fingerprint density at radius 3 is 2.64 bits per heavy atom. The van der Waals surface area contributed by atoms with Gasteiger partial charge in [-0.15, -0.1) is 11.8 Å². The molecular formula is C17H20N2O2S. The average molecular weight is 316 g/mol. The second-order valence-electron chi connectivity index (χ2n) is 4.80. The Balaban J connectivity index is 1.85. The Hall–Kier alpha value is -1.85. The molecule has 0 saturated carbocycles. The maximum Gasteiger partial charge on any atom is 0.251 e. The summed E-state index contributed by atoms with van der Waals surface area (Å²) in [6.07, 6.45) is 2.43. The summed E-state index contributed by atoms with van der Waals surface area (Å²) in [6, 6.07) is 11.3. The molecule has 0 aliphatic heterocycles. The summed E-state index contributed by atoms with van der Waals surface area (Å²) >= 11 is 1.62.